The first-order chi connectivity index (χ1) is 10.1. The molecule has 0 saturated carbocycles. The van der Waals surface area contributed by atoms with Gasteiger partial charge in [0.05, 0.1) is 5.02 Å². The number of hydrogen-bond donors (Lipinski definition) is 1. The van der Waals surface area contributed by atoms with Crippen LogP contribution in [0.4, 0.5) is 4.39 Å². The van der Waals surface area contributed by atoms with Gasteiger partial charge in [0.1, 0.15) is 5.82 Å². The third kappa shape index (κ3) is 4.44. The van der Waals surface area contributed by atoms with Crippen LogP contribution in [0, 0.1) is 5.82 Å². The Kier molecular flexibility index (Phi) is 6.04. The first-order valence-electron chi connectivity index (χ1n) is 7.01. The number of hydrogen-bond acceptors (Lipinski definition) is 1. The zero-order valence-electron chi connectivity index (χ0n) is 11.9. The molecule has 0 heterocycles. The standard InChI is InChI=1S/C17H18Cl2FN/c1-2-21-14(10-12-6-3-4-8-15(12)18)11-13-7-5-9-16(20)17(13)19/h3-9,14,21H,2,10-11H2,1H3. The molecule has 112 valence electrons. The third-order valence-electron chi connectivity index (χ3n) is 3.41. The van der Waals surface area contributed by atoms with E-state index in [1.807, 2.05) is 37.3 Å². The molecule has 0 fully saturated rings. The minimum absolute atomic E-state index is 0.161. The maximum absolute atomic E-state index is 13.5. The fraction of sp³-hybridized carbons (Fsp3) is 0.294. The van der Waals surface area contributed by atoms with Crippen LogP contribution in [0.5, 0.6) is 0 Å². The third-order valence-corrected chi connectivity index (χ3v) is 4.21. The van der Waals surface area contributed by atoms with Crippen molar-refractivity contribution >= 4 is 23.2 Å². The topological polar surface area (TPSA) is 12.0 Å². The maximum atomic E-state index is 13.5. The van der Waals surface area contributed by atoms with Crippen molar-refractivity contribution in [2.24, 2.45) is 0 Å². The zero-order valence-corrected chi connectivity index (χ0v) is 13.4. The molecular formula is C17H18Cl2FN. The predicted molar refractivity (Wildman–Crippen MR) is 87.7 cm³/mol. The largest absolute Gasteiger partial charge is 0.314 e. The number of rotatable bonds is 6. The Hall–Kier alpha value is -1.09. The fourth-order valence-electron chi connectivity index (χ4n) is 2.41. The lowest BCUT2D eigenvalue weighted by molar-refractivity contribution is 0.519. The summed E-state index contributed by atoms with van der Waals surface area (Å²) in [6.45, 7) is 2.88. The molecule has 0 aliphatic heterocycles. The number of nitrogens with one attached hydrogen (secondary N) is 1. The predicted octanol–water partition coefficient (Wildman–Crippen LogP) is 4.90. The molecule has 2 aromatic carbocycles. The van der Waals surface area contributed by atoms with E-state index in [9.17, 15) is 4.39 Å². The fourth-order valence-corrected chi connectivity index (χ4v) is 2.82. The van der Waals surface area contributed by atoms with Crippen molar-refractivity contribution in [2.45, 2.75) is 25.8 Å². The number of benzene rings is 2. The van der Waals surface area contributed by atoms with Gasteiger partial charge in [-0.25, -0.2) is 4.39 Å². The van der Waals surface area contributed by atoms with Gasteiger partial charge in [-0.15, -0.1) is 0 Å². The SMILES string of the molecule is CCNC(Cc1ccccc1Cl)Cc1cccc(F)c1Cl. The number of likely N-dealkylation sites (N-methyl/N-ethyl adjacent to an activating group) is 1. The summed E-state index contributed by atoms with van der Waals surface area (Å²) in [5, 5.41) is 4.38. The molecular weight excluding hydrogens is 308 g/mol. The van der Waals surface area contributed by atoms with Crippen LogP contribution in [0.15, 0.2) is 42.5 Å². The van der Waals surface area contributed by atoms with E-state index in [1.165, 1.54) is 6.07 Å². The molecule has 1 atom stereocenters. The molecule has 1 N–H and O–H groups in total. The Labute approximate surface area is 135 Å². The molecule has 0 aliphatic rings. The van der Waals surface area contributed by atoms with Gasteiger partial charge >= 0.3 is 0 Å². The summed E-state index contributed by atoms with van der Waals surface area (Å²) in [5.74, 6) is -0.373. The summed E-state index contributed by atoms with van der Waals surface area (Å²) in [6.07, 6.45) is 1.44. The molecule has 1 nitrogen and oxygen atoms in total. The minimum atomic E-state index is -0.373. The van der Waals surface area contributed by atoms with Crippen LogP contribution in [0.3, 0.4) is 0 Å². The van der Waals surface area contributed by atoms with Gasteiger partial charge in [0.15, 0.2) is 0 Å². The lowest BCUT2D eigenvalue weighted by atomic mass is 9.98. The van der Waals surface area contributed by atoms with Crippen LogP contribution in [0.2, 0.25) is 10.0 Å². The van der Waals surface area contributed by atoms with Gasteiger partial charge in [0.25, 0.3) is 0 Å². The number of halogens is 3. The van der Waals surface area contributed by atoms with Gasteiger partial charge in [-0.1, -0.05) is 60.5 Å². The molecule has 0 bridgehead atoms. The summed E-state index contributed by atoms with van der Waals surface area (Å²) in [4.78, 5) is 0. The lowest BCUT2D eigenvalue weighted by Gasteiger charge is -2.19. The smallest absolute Gasteiger partial charge is 0.142 e. The summed E-state index contributed by atoms with van der Waals surface area (Å²) in [6, 6.07) is 12.9. The molecule has 4 heteroatoms. The van der Waals surface area contributed by atoms with E-state index in [0.717, 1.165) is 29.1 Å². The van der Waals surface area contributed by atoms with E-state index in [1.54, 1.807) is 6.07 Å². The molecule has 0 aromatic heterocycles. The van der Waals surface area contributed by atoms with Crippen LogP contribution < -0.4 is 5.32 Å². The second-order valence-electron chi connectivity index (χ2n) is 4.97. The summed E-state index contributed by atoms with van der Waals surface area (Å²) in [5.41, 5.74) is 1.90. The Balaban J connectivity index is 2.16. The molecule has 2 rings (SSSR count). The second-order valence-corrected chi connectivity index (χ2v) is 5.75. The quantitative estimate of drug-likeness (QED) is 0.796. The highest BCUT2D eigenvalue weighted by Crippen LogP contribution is 2.23. The van der Waals surface area contributed by atoms with E-state index in [-0.39, 0.29) is 16.9 Å². The van der Waals surface area contributed by atoms with Crippen LogP contribution in [0.1, 0.15) is 18.1 Å². The van der Waals surface area contributed by atoms with E-state index in [2.05, 4.69) is 5.32 Å². The molecule has 0 radical (unpaired) electrons. The highest BCUT2D eigenvalue weighted by atomic mass is 35.5. The van der Waals surface area contributed by atoms with Gasteiger partial charge in [-0.05, 0) is 42.6 Å². The van der Waals surface area contributed by atoms with Crippen molar-refractivity contribution in [2.75, 3.05) is 6.54 Å². The van der Waals surface area contributed by atoms with Crippen LogP contribution in [0.25, 0.3) is 0 Å². The first kappa shape index (κ1) is 16.3. The Morgan fingerprint density at radius 2 is 1.67 bits per heavy atom. The normalized spacial score (nSPS) is 12.4. The Morgan fingerprint density at radius 1 is 1.00 bits per heavy atom. The van der Waals surface area contributed by atoms with E-state index < -0.39 is 0 Å². The zero-order chi connectivity index (χ0) is 15.2. The van der Waals surface area contributed by atoms with Gasteiger partial charge in [-0.3, -0.25) is 0 Å². The summed E-state index contributed by atoms with van der Waals surface area (Å²) in [7, 11) is 0. The van der Waals surface area contributed by atoms with E-state index >= 15 is 0 Å². The average molecular weight is 326 g/mol. The maximum Gasteiger partial charge on any atom is 0.142 e. The van der Waals surface area contributed by atoms with Gasteiger partial charge < -0.3 is 5.32 Å². The molecule has 0 saturated heterocycles. The second kappa shape index (κ2) is 7.79. The molecule has 2 aromatic rings. The summed E-state index contributed by atoms with van der Waals surface area (Å²) >= 11 is 12.3. The molecule has 0 aliphatic carbocycles. The Morgan fingerprint density at radius 3 is 2.38 bits per heavy atom. The van der Waals surface area contributed by atoms with Crippen molar-refractivity contribution in [3.63, 3.8) is 0 Å². The van der Waals surface area contributed by atoms with Crippen LogP contribution >= 0.6 is 23.2 Å². The average Bonchev–Trinajstić information content (AvgIpc) is 2.46. The van der Waals surface area contributed by atoms with Crippen molar-refractivity contribution in [1.29, 1.82) is 0 Å². The van der Waals surface area contributed by atoms with Gasteiger partial charge in [0, 0.05) is 11.1 Å². The highest BCUT2D eigenvalue weighted by Gasteiger charge is 2.14. The first-order valence-corrected chi connectivity index (χ1v) is 7.77. The molecule has 21 heavy (non-hydrogen) atoms. The monoisotopic (exact) mass is 325 g/mol. The molecule has 1 unspecified atom stereocenters. The minimum Gasteiger partial charge on any atom is -0.314 e. The summed E-state index contributed by atoms with van der Waals surface area (Å²) < 4.78 is 13.5. The van der Waals surface area contributed by atoms with Gasteiger partial charge in [0.2, 0.25) is 0 Å². The van der Waals surface area contributed by atoms with Gasteiger partial charge in [-0.2, -0.15) is 0 Å². The lowest BCUT2D eigenvalue weighted by Crippen LogP contribution is -2.33. The Bertz CT molecular complexity index is 601. The molecule has 0 amide bonds. The van der Waals surface area contributed by atoms with Crippen molar-refractivity contribution in [3.05, 3.63) is 69.5 Å². The molecule has 0 spiro atoms. The van der Waals surface area contributed by atoms with Crippen molar-refractivity contribution in [1.82, 2.24) is 5.32 Å². The highest BCUT2D eigenvalue weighted by molar-refractivity contribution is 6.31. The van der Waals surface area contributed by atoms with Crippen molar-refractivity contribution in [3.8, 4) is 0 Å². The van der Waals surface area contributed by atoms with E-state index in [0.29, 0.717) is 6.42 Å². The van der Waals surface area contributed by atoms with Crippen LogP contribution in [-0.4, -0.2) is 12.6 Å². The van der Waals surface area contributed by atoms with Crippen molar-refractivity contribution < 1.29 is 4.39 Å². The van der Waals surface area contributed by atoms with Crippen LogP contribution in [-0.2, 0) is 12.8 Å². The van der Waals surface area contributed by atoms with E-state index in [4.69, 9.17) is 23.2 Å².